The molecule has 0 radical (unpaired) electrons. The van der Waals surface area contributed by atoms with E-state index in [4.69, 9.17) is 14.2 Å². The highest BCUT2D eigenvalue weighted by molar-refractivity contribution is 6.14. The smallest absolute Gasteiger partial charge is 0.345 e. The zero-order valence-corrected chi connectivity index (χ0v) is 13.4. The predicted molar refractivity (Wildman–Crippen MR) is 82.8 cm³/mol. The molecular formula is C17H22O5. The number of ether oxygens (including phenoxy) is 3. The molecule has 0 fully saturated rings. The Morgan fingerprint density at radius 1 is 1.05 bits per heavy atom. The van der Waals surface area contributed by atoms with E-state index in [2.05, 4.69) is 0 Å². The van der Waals surface area contributed by atoms with Gasteiger partial charge >= 0.3 is 11.9 Å². The maximum atomic E-state index is 11.9. The summed E-state index contributed by atoms with van der Waals surface area (Å²) in [5, 5.41) is 0. The van der Waals surface area contributed by atoms with Crippen LogP contribution in [-0.4, -0.2) is 32.3 Å². The average molecular weight is 306 g/mol. The van der Waals surface area contributed by atoms with Gasteiger partial charge in [-0.2, -0.15) is 0 Å². The van der Waals surface area contributed by atoms with E-state index in [0.29, 0.717) is 0 Å². The van der Waals surface area contributed by atoms with Crippen molar-refractivity contribution in [2.75, 3.05) is 20.3 Å². The number of hydrogen-bond donors (Lipinski definition) is 0. The molecule has 0 spiro atoms. The summed E-state index contributed by atoms with van der Waals surface area (Å²) >= 11 is 0. The minimum absolute atomic E-state index is 0.0768. The molecule has 0 aliphatic carbocycles. The summed E-state index contributed by atoms with van der Waals surface area (Å²) in [5.41, 5.74) is 0.874. The van der Waals surface area contributed by atoms with Crippen molar-refractivity contribution in [1.82, 2.24) is 0 Å². The van der Waals surface area contributed by atoms with E-state index in [1.807, 2.05) is 31.2 Å². The fourth-order valence-electron chi connectivity index (χ4n) is 1.89. The number of esters is 2. The van der Waals surface area contributed by atoms with Crippen LogP contribution in [-0.2, 0) is 19.1 Å². The van der Waals surface area contributed by atoms with Crippen molar-refractivity contribution in [2.45, 2.75) is 26.7 Å². The molecule has 0 bridgehead atoms. The predicted octanol–water partition coefficient (Wildman–Crippen LogP) is 2.85. The van der Waals surface area contributed by atoms with Crippen molar-refractivity contribution in [3.05, 3.63) is 41.5 Å². The molecule has 1 aromatic rings. The number of hydrogen-bond acceptors (Lipinski definition) is 5. The first-order valence-electron chi connectivity index (χ1n) is 7.23. The van der Waals surface area contributed by atoms with Gasteiger partial charge in [-0.3, -0.25) is 0 Å². The third kappa shape index (κ3) is 4.91. The highest BCUT2D eigenvalue weighted by Gasteiger charge is 2.22. The van der Waals surface area contributed by atoms with Gasteiger partial charge in [0.2, 0.25) is 0 Å². The number of carbonyl (C=O) groups excluding carboxylic acids is 2. The number of benzene rings is 1. The molecule has 0 heterocycles. The van der Waals surface area contributed by atoms with Crippen LogP contribution in [0.3, 0.4) is 0 Å². The third-order valence-corrected chi connectivity index (χ3v) is 3.05. The fraction of sp³-hybridized carbons (Fsp3) is 0.412. The largest absolute Gasteiger partial charge is 0.497 e. The molecule has 1 atom stereocenters. The summed E-state index contributed by atoms with van der Waals surface area (Å²) in [4.78, 5) is 23.8. The first kappa shape index (κ1) is 17.8. The standard InChI is InChI=1S/C17H22O5/c1-5-21-16(18)15(17(19)22-6-2)11-12(3)13-7-9-14(20-4)10-8-13/h7-12H,5-6H2,1-4H3/t12-/m0/s1. The number of methoxy groups -OCH3 is 1. The van der Waals surface area contributed by atoms with Gasteiger partial charge in [0.1, 0.15) is 11.3 Å². The summed E-state index contributed by atoms with van der Waals surface area (Å²) in [6.45, 7) is 5.67. The second-order valence-electron chi connectivity index (χ2n) is 4.58. The molecule has 0 saturated heterocycles. The van der Waals surface area contributed by atoms with Gasteiger partial charge in [-0.25, -0.2) is 9.59 Å². The SMILES string of the molecule is CCOC(=O)C(=C[C@H](C)c1ccc(OC)cc1)C(=O)OCC. The van der Waals surface area contributed by atoms with E-state index in [1.54, 1.807) is 27.0 Å². The lowest BCUT2D eigenvalue weighted by Crippen LogP contribution is -2.19. The van der Waals surface area contributed by atoms with Gasteiger partial charge in [0.15, 0.2) is 0 Å². The highest BCUT2D eigenvalue weighted by atomic mass is 16.6. The molecule has 1 rings (SSSR count). The second kappa shape index (κ2) is 8.87. The van der Waals surface area contributed by atoms with Gasteiger partial charge in [0.25, 0.3) is 0 Å². The molecule has 22 heavy (non-hydrogen) atoms. The lowest BCUT2D eigenvalue weighted by molar-refractivity contribution is -0.146. The van der Waals surface area contributed by atoms with Crippen LogP contribution in [0.1, 0.15) is 32.3 Å². The third-order valence-electron chi connectivity index (χ3n) is 3.05. The van der Waals surface area contributed by atoms with Crippen molar-refractivity contribution < 1.29 is 23.8 Å². The molecule has 5 heteroatoms. The Labute approximate surface area is 130 Å². The van der Waals surface area contributed by atoms with Crippen LogP contribution < -0.4 is 4.74 Å². The van der Waals surface area contributed by atoms with Crippen LogP contribution >= 0.6 is 0 Å². The lowest BCUT2D eigenvalue weighted by atomic mass is 9.98. The zero-order chi connectivity index (χ0) is 16.5. The average Bonchev–Trinajstić information content (AvgIpc) is 2.52. The van der Waals surface area contributed by atoms with E-state index < -0.39 is 11.9 Å². The van der Waals surface area contributed by atoms with E-state index >= 15 is 0 Å². The van der Waals surface area contributed by atoms with Crippen LogP contribution in [0.5, 0.6) is 5.75 Å². The quantitative estimate of drug-likeness (QED) is 0.335. The van der Waals surface area contributed by atoms with Crippen molar-refractivity contribution in [3.8, 4) is 5.75 Å². The topological polar surface area (TPSA) is 61.8 Å². The first-order valence-corrected chi connectivity index (χ1v) is 7.23. The van der Waals surface area contributed by atoms with Gasteiger partial charge < -0.3 is 14.2 Å². The molecule has 0 aromatic heterocycles. The Bertz CT molecular complexity index is 510. The van der Waals surface area contributed by atoms with Gasteiger partial charge in [-0.05, 0) is 31.5 Å². The Kier molecular flexibility index (Phi) is 7.16. The van der Waals surface area contributed by atoms with Crippen LogP contribution in [0.15, 0.2) is 35.9 Å². The van der Waals surface area contributed by atoms with Crippen molar-refractivity contribution in [3.63, 3.8) is 0 Å². The number of carbonyl (C=O) groups is 2. The van der Waals surface area contributed by atoms with Crippen molar-refractivity contribution in [1.29, 1.82) is 0 Å². The van der Waals surface area contributed by atoms with E-state index in [9.17, 15) is 9.59 Å². The fourth-order valence-corrected chi connectivity index (χ4v) is 1.89. The maximum Gasteiger partial charge on any atom is 0.345 e. The van der Waals surface area contributed by atoms with Gasteiger partial charge in [0, 0.05) is 5.92 Å². The zero-order valence-electron chi connectivity index (χ0n) is 13.4. The summed E-state index contributed by atoms with van der Waals surface area (Å²) in [6.07, 6.45) is 1.57. The van der Waals surface area contributed by atoms with E-state index in [1.165, 1.54) is 0 Å². The van der Waals surface area contributed by atoms with E-state index in [-0.39, 0.29) is 24.7 Å². The number of rotatable bonds is 7. The molecule has 0 amide bonds. The minimum atomic E-state index is -0.665. The first-order chi connectivity index (χ1) is 10.5. The van der Waals surface area contributed by atoms with Gasteiger partial charge in [0.05, 0.1) is 20.3 Å². The Morgan fingerprint density at radius 3 is 1.95 bits per heavy atom. The highest BCUT2D eigenvalue weighted by Crippen LogP contribution is 2.22. The molecular weight excluding hydrogens is 284 g/mol. The molecule has 120 valence electrons. The van der Waals surface area contributed by atoms with Crippen molar-refractivity contribution in [2.24, 2.45) is 0 Å². The molecule has 0 unspecified atom stereocenters. The van der Waals surface area contributed by atoms with E-state index in [0.717, 1.165) is 11.3 Å². The monoisotopic (exact) mass is 306 g/mol. The van der Waals surface area contributed by atoms with Crippen molar-refractivity contribution >= 4 is 11.9 Å². The summed E-state index contributed by atoms with van der Waals surface area (Å²) in [5.74, 6) is -0.728. The summed E-state index contributed by atoms with van der Waals surface area (Å²) in [7, 11) is 1.60. The lowest BCUT2D eigenvalue weighted by Gasteiger charge is -2.11. The second-order valence-corrected chi connectivity index (χ2v) is 4.58. The van der Waals surface area contributed by atoms with Crippen LogP contribution in [0, 0.1) is 0 Å². The van der Waals surface area contributed by atoms with Gasteiger partial charge in [-0.1, -0.05) is 25.1 Å². The Balaban J connectivity index is 3.02. The van der Waals surface area contributed by atoms with Crippen LogP contribution in [0.2, 0.25) is 0 Å². The van der Waals surface area contributed by atoms with Crippen LogP contribution in [0.25, 0.3) is 0 Å². The molecule has 0 N–H and O–H groups in total. The normalized spacial score (nSPS) is 11.3. The van der Waals surface area contributed by atoms with Gasteiger partial charge in [-0.15, -0.1) is 0 Å². The molecule has 1 aromatic carbocycles. The Morgan fingerprint density at radius 2 is 1.55 bits per heavy atom. The maximum absolute atomic E-state index is 11.9. The molecule has 0 saturated carbocycles. The molecule has 5 nitrogen and oxygen atoms in total. The summed E-state index contributed by atoms with van der Waals surface area (Å²) < 4.78 is 14.9. The van der Waals surface area contributed by atoms with Crippen LogP contribution in [0.4, 0.5) is 0 Å². The number of allylic oxidation sites excluding steroid dienone is 1. The summed E-state index contributed by atoms with van der Waals surface area (Å²) in [6, 6.07) is 7.42. The minimum Gasteiger partial charge on any atom is -0.497 e. The Hall–Kier alpha value is -2.30. The molecule has 0 aliphatic heterocycles. The molecule has 0 aliphatic rings.